The topological polar surface area (TPSA) is 52.3 Å². The second-order valence-corrected chi connectivity index (χ2v) is 4.25. The Labute approximate surface area is 86.0 Å². The lowest BCUT2D eigenvalue weighted by molar-refractivity contribution is -0.146. The van der Waals surface area contributed by atoms with E-state index in [1.165, 1.54) is 19.3 Å². The van der Waals surface area contributed by atoms with Gasteiger partial charge in [0.05, 0.1) is 13.0 Å². The second kappa shape index (κ2) is 5.35. The summed E-state index contributed by atoms with van der Waals surface area (Å²) in [6, 6.07) is 0. The molecule has 82 valence electrons. The molecule has 0 saturated heterocycles. The van der Waals surface area contributed by atoms with Crippen LogP contribution in [0.3, 0.4) is 0 Å². The highest BCUT2D eigenvalue weighted by Gasteiger charge is 2.33. The third-order valence-electron chi connectivity index (χ3n) is 3.17. The summed E-state index contributed by atoms with van der Waals surface area (Å²) in [5.74, 6) is -0.0835. The van der Waals surface area contributed by atoms with E-state index < -0.39 is 0 Å². The van der Waals surface area contributed by atoms with Crippen LogP contribution in [0.15, 0.2) is 0 Å². The fraction of sp³-hybridized carbons (Fsp3) is 0.909. The lowest BCUT2D eigenvalue weighted by Gasteiger charge is -2.35. The van der Waals surface area contributed by atoms with Gasteiger partial charge in [-0.2, -0.15) is 0 Å². The van der Waals surface area contributed by atoms with Gasteiger partial charge in [-0.05, 0) is 31.7 Å². The number of ether oxygens (including phenoxy) is 1. The van der Waals surface area contributed by atoms with Gasteiger partial charge in [0.1, 0.15) is 0 Å². The Kier molecular flexibility index (Phi) is 4.39. The fourth-order valence-corrected chi connectivity index (χ4v) is 2.27. The van der Waals surface area contributed by atoms with Crippen LogP contribution in [-0.2, 0) is 9.53 Å². The highest BCUT2D eigenvalue weighted by molar-refractivity contribution is 5.70. The Hall–Kier alpha value is -0.570. The van der Waals surface area contributed by atoms with Gasteiger partial charge in [0, 0.05) is 0 Å². The average Bonchev–Trinajstić information content (AvgIpc) is 2.19. The van der Waals surface area contributed by atoms with Gasteiger partial charge in [-0.3, -0.25) is 4.79 Å². The Bertz CT molecular complexity index is 186. The molecule has 1 aliphatic rings. The van der Waals surface area contributed by atoms with Gasteiger partial charge in [0.25, 0.3) is 0 Å². The number of nitrogens with two attached hydrogens (primary N) is 1. The van der Waals surface area contributed by atoms with Gasteiger partial charge in [0.15, 0.2) is 0 Å². The van der Waals surface area contributed by atoms with E-state index in [1.54, 1.807) is 0 Å². The second-order valence-electron chi connectivity index (χ2n) is 4.25. The predicted octanol–water partition coefficient (Wildman–Crippen LogP) is 1.85. The quantitative estimate of drug-likeness (QED) is 0.703. The van der Waals surface area contributed by atoms with E-state index in [0.29, 0.717) is 19.6 Å². The van der Waals surface area contributed by atoms with Crippen LogP contribution in [0.2, 0.25) is 0 Å². The molecule has 1 fully saturated rings. The van der Waals surface area contributed by atoms with Crippen molar-refractivity contribution >= 4 is 5.97 Å². The van der Waals surface area contributed by atoms with Crippen LogP contribution in [0.25, 0.3) is 0 Å². The first-order valence-corrected chi connectivity index (χ1v) is 5.58. The van der Waals surface area contributed by atoms with Crippen molar-refractivity contribution < 1.29 is 9.53 Å². The molecular formula is C11H21NO2. The maximum atomic E-state index is 11.4. The van der Waals surface area contributed by atoms with Gasteiger partial charge in [-0.25, -0.2) is 0 Å². The number of rotatable bonds is 4. The van der Waals surface area contributed by atoms with Crippen LogP contribution < -0.4 is 5.73 Å². The Morgan fingerprint density at radius 1 is 1.36 bits per heavy atom. The molecule has 0 radical (unpaired) electrons. The smallest absolute Gasteiger partial charge is 0.306 e. The SMILES string of the molecule is CCOC(=O)CC1(CN)CCCCC1. The molecule has 0 aliphatic heterocycles. The van der Waals surface area contributed by atoms with Crippen LogP contribution in [0, 0.1) is 5.41 Å². The van der Waals surface area contributed by atoms with Gasteiger partial charge in [-0.1, -0.05) is 19.3 Å². The molecule has 3 nitrogen and oxygen atoms in total. The van der Waals surface area contributed by atoms with Crippen molar-refractivity contribution in [2.75, 3.05) is 13.2 Å². The first kappa shape index (κ1) is 11.5. The first-order valence-electron chi connectivity index (χ1n) is 5.58. The summed E-state index contributed by atoms with van der Waals surface area (Å²) in [6.07, 6.45) is 6.37. The molecule has 0 bridgehead atoms. The molecule has 0 amide bonds. The molecule has 0 spiro atoms. The van der Waals surface area contributed by atoms with Crippen LogP contribution in [0.4, 0.5) is 0 Å². The molecule has 1 saturated carbocycles. The summed E-state index contributed by atoms with van der Waals surface area (Å²) in [5, 5.41) is 0. The highest BCUT2D eigenvalue weighted by atomic mass is 16.5. The van der Waals surface area contributed by atoms with Crippen molar-refractivity contribution in [1.29, 1.82) is 0 Å². The molecule has 2 N–H and O–H groups in total. The van der Waals surface area contributed by atoms with Crippen molar-refractivity contribution in [3.05, 3.63) is 0 Å². The number of esters is 1. The monoisotopic (exact) mass is 199 g/mol. The molecule has 0 heterocycles. The summed E-state index contributed by atoms with van der Waals surface area (Å²) < 4.78 is 4.98. The molecule has 0 aromatic heterocycles. The number of hydrogen-bond donors (Lipinski definition) is 1. The average molecular weight is 199 g/mol. The minimum atomic E-state index is -0.0835. The van der Waals surface area contributed by atoms with Crippen molar-refractivity contribution in [2.45, 2.75) is 45.4 Å². The van der Waals surface area contributed by atoms with Crippen molar-refractivity contribution in [2.24, 2.45) is 11.1 Å². The van der Waals surface area contributed by atoms with E-state index in [4.69, 9.17) is 10.5 Å². The van der Waals surface area contributed by atoms with E-state index in [-0.39, 0.29) is 11.4 Å². The standard InChI is InChI=1S/C11H21NO2/c1-2-14-10(13)8-11(9-12)6-4-3-5-7-11/h2-9,12H2,1H3. The Morgan fingerprint density at radius 2 is 2.00 bits per heavy atom. The zero-order valence-corrected chi connectivity index (χ0v) is 9.05. The van der Waals surface area contributed by atoms with Gasteiger partial charge in [-0.15, -0.1) is 0 Å². The minimum Gasteiger partial charge on any atom is -0.466 e. The highest BCUT2D eigenvalue weighted by Crippen LogP contribution is 2.38. The maximum absolute atomic E-state index is 11.4. The molecule has 14 heavy (non-hydrogen) atoms. The van der Waals surface area contributed by atoms with Crippen molar-refractivity contribution in [3.63, 3.8) is 0 Å². The third kappa shape index (κ3) is 2.98. The Morgan fingerprint density at radius 3 is 2.50 bits per heavy atom. The Balaban J connectivity index is 2.47. The van der Waals surface area contributed by atoms with E-state index in [9.17, 15) is 4.79 Å². The number of carbonyl (C=O) groups excluding carboxylic acids is 1. The van der Waals surface area contributed by atoms with Gasteiger partial charge >= 0.3 is 5.97 Å². The molecular weight excluding hydrogens is 178 g/mol. The molecule has 1 rings (SSSR count). The lowest BCUT2D eigenvalue weighted by Crippen LogP contribution is -2.35. The largest absolute Gasteiger partial charge is 0.466 e. The third-order valence-corrected chi connectivity index (χ3v) is 3.17. The molecule has 3 heteroatoms. The lowest BCUT2D eigenvalue weighted by atomic mass is 9.72. The van der Waals surface area contributed by atoms with Crippen LogP contribution in [-0.4, -0.2) is 19.1 Å². The number of hydrogen-bond acceptors (Lipinski definition) is 3. The van der Waals surface area contributed by atoms with E-state index >= 15 is 0 Å². The minimum absolute atomic E-state index is 0.0461. The van der Waals surface area contributed by atoms with Gasteiger partial charge in [0.2, 0.25) is 0 Å². The maximum Gasteiger partial charge on any atom is 0.306 e. The first-order chi connectivity index (χ1) is 6.72. The van der Waals surface area contributed by atoms with Crippen molar-refractivity contribution in [1.82, 2.24) is 0 Å². The zero-order chi connectivity index (χ0) is 10.4. The van der Waals surface area contributed by atoms with E-state index in [2.05, 4.69) is 0 Å². The molecule has 0 aromatic carbocycles. The number of carbonyl (C=O) groups is 1. The molecule has 0 unspecified atom stereocenters. The van der Waals surface area contributed by atoms with Crippen LogP contribution >= 0.6 is 0 Å². The molecule has 0 aromatic rings. The van der Waals surface area contributed by atoms with Gasteiger partial charge < -0.3 is 10.5 Å². The summed E-state index contributed by atoms with van der Waals surface area (Å²) in [7, 11) is 0. The normalized spacial score (nSPS) is 20.4. The molecule has 1 aliphatic carbocycles. The fourth-order valence-electron chi connectivity index (χ4n) is 2.27. The van der Waals surface area contributed by atoms with Crippen molar-refractivity contribution in [3.8, 4) is 0 Å². The van der Waals surface area contributed by atoms with E-state index in [0.717, 1.165) is 12.8 Å². The summed E-state index contributed by atoms with van der Waals surface area (Å²) in [6.45, 7) is 2.93. The zero-order valence-electron chi connectivity index (χ0n) is 9.05. The molecule has 0 atom stereocenters. The van der Waals surface area contributed by atoms with E-state index in [1.807, 2.05) is 6.92 Å². The summed E-state index contributed by atoms with van der Waals surface area (Å²) in [4.78, 5) is 11.4. The van der Waals surface area contributed by atoms with Crippen LogP contribution in [0.1, 0.15) is 45.4 Å². The predicted molar refractivity (Wildman–Crippen MR) is 55.8 cm³/mol. The van der Waals surface area contributed by atoms with Crippen LogP contribution in [0.5, 0.6) is 0 Å². The summed E-state index contributed by atoms with van der Waals surface area (Å²) >= 11 is 0. The summed E-state index contributed by atoms with van der Waals surface area (Å²) in [5.41, 5.74) is 5.82.